The van der Waals surface area contributed by atoms with Crippen molar-refractivity contribution in [2.24, 2.45) is 10.9 Å². The molecule has 2 heterocycles. The molecule has 8 heteroatoms. The van der Waals surface area contributed by atoms with E-state index in [0.717, 1.165) is 12.0 Å². The van der Waals surface area contributed by atoms with Crippen LogP contribution in [0.15, 0.2) is 41.7 Å². The fourth-order valence-corrected chi connectivity index (χ4v) is 2.56. The van der Waals surface area contributed by atoms with Gasteiger partial charge in [-0.25, -0.2) is 15.0 Å². The minimum Gasteiger partial charge on any atom is -0.363 e. The van der Waals surface area contributed by atoms with E-state index in [9.17, 15) is 9.59 Å². The Morgan fingerprint density at radius 1 is 1.31 bits per heavy atom. The number of nitrogens with zero attached hydrogens (tertiary/aromatic N) is 4. The van der Waals surface area contributed by atoms with Gasteiger partial charge in [-0.15, -0.1) is 0 Å². The van der Waals surface area contributed by atoms with Crippen LogP contribution in [0, 0.1) is 12.8 Å². The first-order chi connectivity index (χ1) is 13.9. The molecule has 2 amide bonds. The first kappa shape index (κ1) is 20.6. The summed E-state index contributed by atoms with van der Waals surface area (Å²) in [7, 11) is 1.77. The Morgan fingerprint density at radius 3 is 2.59 bits per heavy atom. The minimum atomic E-state index is -0.342. The normalized spacial score (nSPS) is 16.4. The summed E-state index contributed by atoms with van der Waals surface area (Å²) in [6.07, 6.45) is 5.70. The van der Waals surface area contributed by atoms with Crippen molar-refractivity contribution >= 4 is 29.7 Å². The molecule has 1 aliphatic heterocycles. The van der Waals surface area contributed by atoms with Crippen LogP contribution in [0.4, 0.5) is 11.6 Å². The van der Waals surface area contributed by atoms with E-state index in [1.807, 2.05) is 20.1 Å². The van der Waals surface area contributed by atoms with E-state index >= 15 is 0 Å². The number of ether oxygens (including phenoxy) is 1. The van der Waals surface area contributed by atoms with Gasteiger partial charge in [0.15, 0.2) is 6.10 Å². The van der Waals surface area contributed by atoms with Gasteiger partial charge in [0.2, 0.25) is 5.95 Å². The highest BCUT2D eigenvalue weighted by atomic mass is 16.6. The average Bonchev–Trinajstić information content (AvgIpc) is 3.57. The number of aromatic nitrogens is 2. The molecule has 2 atom stereocenters. The van der Waals surface area contributed by atoms with Crippen molar-refractivity contribution in [3.63, 3.8) is 0 Å². The Labute approximate surface area is 170 Å². The molecule has 0 radical (unpaired) electrons. The molecule has 0 spiro atoms. The predicted octanol–water partition coefficient (Wildman–Crippen LogP) is 2.62. The predicted molar refractivity (Wildman–Crippen MR) is 110 cm³/mol. The van der Waals surface area contributed by atoms with Crippen LogP contribution in [-0.2, 0) is 9.53 Å². The summed E-state index contributed by atoms with van der Waals surface area (Å²) < 4.78 is 4.94. The van der Waals surface area contributed by atoms with E-state index in [1.165, 1.54) is 0 Å². The maximum absolute atomic E-state index is 12.6. The topological polar surface area (TPSA) is 100 Å². The van der Waals surface area contributed by atoms with Crippen molar-refractivity contribution in [1.82, 2.24) is 14.9 Å². The molecule has 1 saturated heterocycles. The van der Waals surface area contributed by atoms with Gasteiger partial charge in [0.25, 0.3) is 11.8 Å². The Morgan fingerprint density at radius 2 is 1.97 bits per heavy atom. The van der Waals surface area contributed by atoms with Crippen LogP contribution >= 0.6 is 0 Å². The van der Waals surface area contributed by atoms with E-state index in [4.69, 9.17) is 4.74 Å². The second-order valence-electron chi connectivity index (χ2n) is 7.22. The first-order valence-corrected chi connectivity index (χ1v) is 9.53. The smallest absolute Gasteiger partial charge is 0.255 e. The zero-order valence-corrected chi connectivity index (χ0v) is 16.8. The quantitative estimate of drug-likeness (QED) is 0.547. The second-order valence-corrected chi connectivity index (χ2v) is 7.22. The maximum atomic E-state index is 12.6. The Balaban J connectivity index is 1.46. The number of hydrogen-bond acceptors (Lipinski definition) is 6. The Kier molecular flexibility index (Phi) is 6.66. The third kappa shape index (κ3) is 6.18. The van der Waals surface area contributed by atoms with Gasteiger partial charge >= 0.3 is 0 Å². The van der Waals surface area contributed by atoms with Gasteiger partial charge in [-0.2, -0.15) is 0 Å². The van der Waals surface area contributed by atoms with Crippen molar-refractivity contribution in [3.05, 3.63) is 47.8 Å². The molecule has 0 bridgehead atoms. The van der Waals surface area contributed by atoms with Crippen molar-refractivity contribution < 1.29 is 14.3 Å². The van der Waals surface area contributed by atoms with E-state index in [0.29, 0.717) is 30.4 Å². The average molecular weight is 395 g/mol. The van der Waals surface area contributed by atoms with Gasteiger partial charge in [-0.3, -0.25) is 9.59 Å². The van der Waals surface area contributed by atoms with Crippen LogP contribution in [0.1, 0.15) is 29.3 Å². The number of aryl methyl sites for hydroxylation is 1. The number of carbonyl (C=O) groups excluding carboxylic acids is 2. The van der Waals surface area contributed by atoms with E-state index < -0.39 is 0 Å². The first-order valence-electron chi connectivity index (χ1n) is 9.53. The molecule has 29 heavy (non-hydrogen) atoms. The Bertz CT molecular complexity index is 876. The fourth-order valence-electron chi connectivity index (χ4n) is 2.56. The lowest BCUT2D eigenvalue weighted by Crippen LogP contribution is -2.28. The van der Waals surface area contributed by atoms with Crippen molar-refractivity contribution in [1.29, 1.82) is 0 Å². The second kappa shape index (κ2) is 9.38. The molecule has 0 aliphatic carbocycles. The molecular weight excluding hydrogens is 370 g/mol. The van der Waals surface area contributed by atoms with Crippen LogP contribution in [0.2, 0.25) is 0 Å². The number of aliphatic imine (C=N–C) groups is 1. The number of nitrogens with one attached hydrogen (secondary N) is 1. The molecule has 1 aliphatic rings. The molecule has 1 aromatic carbocycles. The fraction of sp³-hybridized carbons (Fsp3) is 0.381. The Hall–Kier alpha value is -3.13. The summed E-state index contributed by atoms with van der Waals surface area (Å²) >= 11 is 0. The summed E-state index contributed by atoms with van der Waals surface area (Å²) in [5, 5.41) is 2.76. The van der Waals surface area contributed by atoms with E-state index in [2.05, 4.69) is 20.3 Å². The van der Waals surface area contributed by atoms with Crippen LogP contribution in [0.25, 0.3) is 0 Å². The molecule has 3 rings (SSSR count). The van der Waals surface area contributed by atoms with E-state index in [-0.39, 0.29) is 23.8 Å². The summed E-state index contributed by atoms with van der Waals surface area (Å²) in [4.78, 5) is 38.5. The number of rotatable bonds is 8. The molecule has 152 valence electrons. The summed E-state index contributed by atoms with van der Waals surface area (Å²) in [6, 6.07) is 6.86. The highest BCUT2D eigenvalue weighted by Gasteiger charge is 2.31. The number of hydrogen-bond donors (Lipinski definition) is 1. The van der Waals surface area contributed by atoms with Gasteiger partial charge in [-0.1, -0.05) is 6.92 Å². The lowest BCUT2D eigenvalue weighted by Gasteiger charge is -2.18. The summed E-state index contributed by atoms with van der Waals surface area (Å²) in [6.45, 7) is 5.03. The number of epoxide rings is 1. The van der Waals surface area contributed by atoms with Crippen molar-refractivity contribution in [2.75, 3.05) is 25.5 Å². The standard InChI is InChI=1S/C21H25N5O3/c1-14(10-22-21-23-11-15(2)12-24-21)8-9-26(3)20(28)16-4-6-17(7-5-16)25-19(27)18-13-29-18/h4-7,10-12,14,18H,8-9,13H2,1-3H3,(H,25,27)/b22-10+. The van der Waals surface area contributed by atoms with Crippen LogP contribution in [-0.4, -0.2) is 59.2 Å². The molecule has 2 aromatic rings. The molecule has 1 N–H and O–H groups in total. The van der Waals surface area contributed by atoms with Crippen molar-refractivity contribution in [3.8, 4) is 0 Å². The van der Waals surface area contributed by atoms with Crippen LogP contribution < -0.4 is 5.32 Å². The van der Waals surface area contributed by atoms with Gasteiger partial charge in [0.05, 0.1) is 6.61 Å². The lowest BCUT2D eigenvalue weighted by molar-refractivity contribution is -0.117. The van der Waals surface area contributed by atoms with Gasteiger partial charge in [0.1, 0.15) is 0 Å². The summed E-state index contributed by atoms with van der Waals surface area (Å²) in [5.74, 6) is 0.386. The molecular formula is C21H25N5O3. The largest absolute Gasteiger partial charge is 0.363 e. The third-order valence-corrected chi connectivity index (χ3v) is 4.50. The highest BCUT2D eigenvalue weighted by molar-refractivity contribution is 5.97. The minimum absolute atomic E-state index is 0.0700. The maximum Gasteiger partial charge on any atom is 0.255 e. The van der Waals surface area contributed by atoms with Gasteiger partial charge < -0.3 is 15.0 Å². The lowest BCUT2D eigenvalue weighted by atomic mass is 10.1. The zero-order valence-electron chi connectivity index (χ0n) is 16.8. The summed E-state index contributed by atoms with van der Waals surface area (Å²) in [5.41, 5.74) is 2.21. The third-order valence-electron chi connectivity index (χ3n) is 4.50. The number of amides is 2. The molecule has 8 nitrogen and oxygen atoms in total. The van der Waals surface area contributed by atoms with Gasteiger partial charge in [0, 0.05) is 43.5 Å². The molecule has 0 saturated carbocycles. The van der Waals surface area contributed by atoms with Crippen LogP contribution in [0.5, 0.6) is 0 Å². The molecule has 1 aromatic heterocycles. The van der Waals surface area contributed by atoms with Gasteiger partial charge in [-0.05, 0) is 49.1 Å². The number of carbonyl (C=O) groups is 2. The van der Waals surface area contributed by atoms with E-state index in [1.54, 1.807) is 48.6 Å². The monoisotopic (exact) mass is 395 g/mol. The van der Waals surface area contributed by atoms with Crippen molar-refractivity contribution in [2.45, 2.75) is 26.4 Å². The number of anilines is 1. The highest BCUT2D eigenvalue weighted by Crippen LogP contribution is 2.16. The zero-order chi connectivity index (χ0) is 20.8. The molecule has 1 fully saturated rings. The van der Waals surface area contributed by atoms with Crippen LogP contribution in [0.3, 0.4) is 0 Å². The SMILES string of the molecule is Cc1cnc(/N=C/C(C)CCN(C)C(=O)c2ccc(NC(=O)C3CO3)cc2)nc1. The number of benzene rings is 1. The molecule has 2 unspecified atom stereocenters.